The van der Waals surface area contributed by atoms with Crippen LogP contribution >= 0.6 is 0 Å². The first-order valence-electron chi connectivity index (χ1n) is 6.60. The molecule has 0 heterocycles. The number of nitrogens with two attached hydrogens (primary N) is 1. The van der Waals surface area contributed by atoms with Crippen LogP contribution in [0.1, 0.15) is 26.3 Å². The second-order valence-corrected chi connectivity index (χ2v) is 5.12. The first-order chi connectivity index (χ1) is 8.08. The van der Waals surface area contributed by atoms with E-state index in [1.807, 2.05) is 0 Å². The quantitative estimate of drug-likeness (QED) is 0.819. The standard InChI is InChI=1S/C15H26N2/c1-5-17(11-14(10-16)12(2)3)15-8-6-7-13(4)9-15/h6-9,12,14H,5,10-11,16H2,1-4H3. The summed E-state index contributed by atoms with van der Waals surface area (Å²) in [5, 5.41) is 0. The SMILES string of the molecule is CCN(CC(CN)C(C)C)c1cccc(C)c1. The zero-order valence-electron chi connectivity index (χ0n) is 11.6. The van der Waals surface area contributed by atoms with Crippen molar-refractivity contribution in [1.29, 1.82) is 0 Å². The molecule has 0 bridgehead atoms. The van der Waals surface area contributed by atoms with Crippen LogP contribution in [0.4, 0.5) is 5.69 Å². The third kappa shape index (κ3) is 4.04. The number of hydrogen-bond acceptors (Lipinski definition) is 2. The van der Waals surface area contributed by atoms with Gasteiger partial charge >= 0.3 is 0 Å². The Hall–Kier alpha value is -1.02. The molecule has 0 aliphatic carbocycles. The van der Waals surface area contributed by atoms with E-state index in [0.717, 1.165) is 19.6 Å². The zero-order chi connectivity index (χ0) is 12.8. The van der Waals surface area contributed by atoms with Crippen LogP contribution in [-0.2, 0) is 0 Å². The molecule has 0 aliphatic rings. The molecule has 2 nitrogen and oxygen atoms in total. The number of nitrogens with zero attached hydrogens (tertiary/aromatic N) is 1. The van der Waals surface area contributed by atoms with Gasteiger partial charge in [-0.25, -0.2) is 0 Å². The summed E-state index contributed by atoms with van der Waals surface area (Å²) in [6, 6.07) is 8.70. The molecule has 2 N–H and O–H groups in total. The van der Waals surface area contributed by atoms with Gasteiger partial charge in [0.15, 0.2) is 0 Å². The molecule has 1 aromatic rings. The Labute approximate surface area is 106 Å². The van der Waals surface area contributed by atoms with Crippen molar-refractivity contribution in [3.05, 3.63) is 29.8 Å². The molecule has 0 spiro atoms. The van der Waals surface area contributed by atoms with Crippen molar-refractivity contribution >= 4 is 5.69 Å². The maximum absolute atomic E-state index is 5.86. The topological polar surface area (TPSA) is 29.3 Å². The fraction of sp³-hybridized carbons (Fsp3) is 0.600. The monoisotopic (exact) mass is 234 g/mol. The molecular weight excluding hydrogens is 208 g/mol. The molecule has 0 aromatic heterocycles. The van der Waals surface area contributed by atoms with E-state index >= 15 is 0 Å². The maximum Gasteiger partial charge on any atom is 0.0368 e. The molecule has 1 unspecified atom stereocenters. The number of anilines is 1. The second kappa shape index (κ2) is 6.65. The molecule has 2 heteroatoms. The highest BCUT2D eigenvalue weighted by molar-refractivity contribution is 5.48. The lowest BCUT2D eigenvalue weighted by molar-refractivity contribution is 0.393. The van der Waals surface area contributed by atoms with E-state index in [1.165, 1.54) is 11.3 Å². The van der Waals surface area contributed by atoms with Crippen LogP contribution in [-0.4, -0.2) is 19.6 Å². The minimum atomic E-state index is 0.565. The summed E-state index contributed by atoms with van der Waals surface area (Å²) >= 11 is 0. The molecule has 0 radical (unpaired) electrons. The lowest BCUT2D eigenvalue weighted by Crippen LogP contribution is -2.35. The van der Waals surface area contributed by atoms with Crippen LogP contribution in [0.25, 0.3) is 0 Å². The van der Waals surface area contributed by atoms with Crippen molar-refractivity contribution in [3.8, 4) is 0 Å². The minimum Gasteiger partial charge on any atom is -0.371 e. The Morgan fingerprint density at radius 3 is 2.47 bits per heavy atom. The molecule has 0 saturated heterocycles. The molecule has 1 aromatic carbocycles. The Kier molecular flexibility index (Phi) is 5.49. The number of hydrogen-bond donors (Lipinski definition) is 1. The average Bonchev–Trinajstić information content (AvgIpc) is 2.30. The van der Waals surface area contributed by atoms with Gasteiger partial charge < -0.3 is 10.6 Å². The highest BCUT2D eigenvalue weighted by atomic mass is 15.1. The molecule has 0 amide bonds. The van der Waals surface area contributed by atoms with E-state index in [0.29, 0.717) is 11.8 Å². The maximum atomic E-state index is 5.86. The normalized spacial score (nSPS) is 12.8. The highest BCUT2D eigenvalue weighted by Crippen LogP contribution is 2.19. The smallest absolute Gasteiger partial charge is 0.0368 e. The van der Waals surface area contributed by atoms with Gasteiger partial charge in [-0.3, -0.25) is 0 Å². The fourth-order valence-corrected chi connectivity index (χ4v) is 2.08. The van der Waals surface area contributed by atoms with E-state index in [1.54, 1.807) is 0 Å². The molecule has 0 aliphatic heterocycles. The summed E-state index contributed by atoms with van der Waals surface area (Å²) in [5.41, 5.74) is 8.48. The van der Waals surface area contributed by atoms with Crippen molar-refractivity contribution in [2.75, 3.05) is 24.5 Å². The molecule has 0 fully saturated rings. The molecule has 0 saturated carbocycles. The Morgan fingerprint density at radius 2 is 2.00 bits per heavy atom. The van der Waals surface area contributed by atoms with Crippen molar-refractivity contribution < 1.29 is 0 Å². The van der Waals surface area contributed by atoms with Crippen LogP contribution in [0.3, 0.4) is 0 Å². The average molecular weight is 234 g/mol. The summed E-state index contributed by atoms with van der Waals surface area (Å²) in [4.78, 5) is 2.42. The Morgan fingerprint density at radius 1 is 1.29 bits per heavy atom. The van der Waals surface area contributed by atoms with Crippen LogP contribution in [0.5, 0.6) is 0 Å². The van der Waals surface area contributed by atoms with E-state index in [-0.39, 0.29) is 0 Å². The molecule has 96 valence electrons. The van der Waals surface area contributed by atoms with Gasteiger partial charge in [-0.15, -0.1) is 0 Å². The Balaban J connectivity index is 2.78. The van der Waals surface area contributed by atoms with Gasteiger partial charge in [-0.2, -0.15) is 0 Å². The van der Waals surface area contributed by atoms with Crippen LogP contribution in [0, 0.1) is 18.8 Å². The predicted molar refractivity (Wildman–Crippen MR) is 76.4 cm³/mol. The number of aryl methyl sites for hydroxylation is 1. The number of benzene rings is 1. The summed E-state index contributed by atoms with van der Waals surface area (Å²) in [5.74, 6) is 1.20. The highest BCUT2D eigenvalue weighted by Gasteiger charge is 2.15. The zero-order valence-corrected chi connectivity index (χ0v) is 11.6. The molecular formula is C15H26N2. The van der Waals surface area contributed by atoms with Crippen LogP contribution < -0.4 is 10.6 Å². The largest absolute Gasteiger partial charge is 0.371 e. The van der Waals surface area contributed by atoms with Gasteiger partial charge in [0.05, 0.1) is 0 Å². The van der Waals surface area contributed by atoms with Crippen LogP contribution in [0.15, 0.2) is 24.3 Å². The van der Waals surface area contributed by atoms with Crippen LogP contribution in [0.2, 0.25) is 0 Å². The molecule has 1 atom stereocenters. The minimum absolute atomic E-state index is 0.565. The van der Waals surface area contributed by atoms with E-state index in [9.17, 15) is 0 Å². The van der Waals surface area contributed by atoms with Crippen molar-refractivity contribution in [1.82, 2.24) is 0 Å². The first-order valence-corrected chi connectivity index (χ1v) is 6.60. The van der Waals surface area contributed by atoms with Crippen molar-refractivity contribution in [2.45, 2.75) is 27.7 Å². The lowest BCUT2D eigenvalue weighted by Gasteiger charge is -2.30. The van der Waals surface area contributed by atoms with Gasteiger partial charge in [0.25, 0.3) is 0 Å². The summed E-state index contributed by atoms with van der Waals surface area (Å²) < 4.78 is 0. The summed E-state index contributed by atoms with van der Waals surface area (Å²) in [7, 11) is 0. The van der Waals surface area contributed by atoms with Gasteiger partial charge in [0.2, 0.25) is 0 Å². The van der Waals surface area contributed by atoms with Gasteiger partial charge in [-0.1, -0.05) is 26.0 Å². The van der Waals surface area contributed by atoms with E-state index in [2.05, 4.69) is 56.9 Å². The van der Waals surface area contributed by atoms with Gasteiger partial charge in [0.1, 0.15) is 0 Å². The van der Waals surface area contributed by atoms with E-state index in [4.69, 9.17) is 5.73 Å². The fourth-order valence-electron chi connectivity index (χ4n) is 2.08. The van der Waals surface area contributed by atoms with Crippen molar-refractivity contribution in [3.63, 3.8) is 0 Å². The second-order valence-electron chi connectivity index (χ2n) is 5.12. The predicted octanol–water partition coefficient (Wildman–Crippen LogP) is 3.05. The van der Waals surface area contributed by atoms with Gasteiger partial charge in [-0.05, 0) is 49.9 Å². The molecule has 17 heavy (non-hydrogen) atoms. The third-order valence-electron chi connectivity index (χ3n) is 3.45. The lowest BCUT2D eigenvalue weighted by atomic mass is 9.95. The van der Waals surface area contributed by atoms with E-state index < -0.39 is 0 Å². The Bertz CT molecular complexity index is 333. The van der Waals surface area contributed by atoms with Gasteiger partial charge in [0, 0.05) is 18.8 Å². The summed E-state index contributed by atoms with van der Waals surface area (Å²) in [6.45, 7) is 11.7. The summed E-state index contributed by atoms with van der Waals surface area (Å²) in [6.07, 6.45) is 0. The molecule has 1 rings (SSSR count). The first kappa shape index (κ1) is 14.0. The van der Waals surface area contributed by atoms with Crippen molar-refractivity contribution in [2.24, 2.45) is 17.6 Å². The number of rotatable bonds is 6. The third-order valence-corrected chi connectivity index (χ3v) is 3.45.